The Morgan fingerprint density at radius 1 is 0.815 bits per heavy atom. The molecule has 27 heavy (non-hydrogen) atoms. The Balaban J connectivity index is 2.47. The van der Waals surface area contributed by atoms with Crippen molar-refractivity contribution in [3.63, 3.8) is 0 Å². The minimum atomic E-state index is -1.80. The molecule has 1 aromatic carbocycles. The van der Waals surface area contributed by atoms with E-state index in [1.54, 1.807) is 0 Å². The van der Waals surface area contributed by atoms with Gasteiger partial charge in [-0.05, 0) is 12.1 Å². The summed E-state index contributed by atoms with van der Waals surface area (Å²) in [4.78, 5) is 19.7. The van der Waals surface area contributed by atoms with Crippen molar-refractivity contribution >= 4 is 58.3 Å². The van der Waals surface area contributed by atoms with Gasteiger partial charge in [-0.25, -0.2) is 0 Å². The van der Waals surface area contributed by atoms with Crippen LogP contribution in [0.5, 0.6) is 11.5 Å². The summed E-state index contributed by atoms with van der Waals surface area (Å²) in [5, 5.41) is -0.101. The predicted octanol–water partition coefficient (Wildman–Crippen LogP) is 4.11. The van der Waals surface area contributed by atoms with Crippen molar-refractivity contribution in [1.82, 2.24) is 0 Å². The van der Waals surface area contributed by atoms with Crippen LogP contribution in [0.3, 0.4) is 0 Å². The average molecular weight is 456 g/mol. The number of carbonyl (C=O) groups excluding carboxylic acids is 2. The van der Waals surface area contributed by atoms with E-state index in [0.29, 0.717) is 0 Å². The van der Waals surface area contributed by atoms with E-state index in [2.05, 4.69) is 0 Å². The standard InChI is InChI=1S/C17H14Cl4O6/c1-7(22)26-9-5-6-10(27-8(2)23)12-11(9)15(20)13(18)14(19)16(12,21)17(15,24-3)25-4/h5-6H,1-4H3/t15-,16+. The molecule has 0 aliphatic heterocycles. The number of benzene rings is 1. The van der Waals surface area contributed by atoms with Crippen LogP contribution in [0.2, 0.25) is 0 Å². The summed E-state index contributed by atoms with van der Waals surface area (Å²) < 4.78 is 21.8. The lowest BCUT2D eigenvalue weighted by molar-refractivity contribution is -0.229. The Labute approximate surface area is 175 Å². The van der Waals surface area contributed by atoms with Crippen LogP contribution in [0.15, 0.2) is 22.2 Å². The molecular weight excluding hydrogens is 442 g/mol. The van der Waals surface area contributed by atoms with Gasteiger partial charge in [0.1, 0.15) is 11.5 Å². The van der Waals surface area contributed by atoms with E-state index in [4.69, 9.17) is 65.4 Å². The van der Waals surface area contributed by atoms with Crippen molar-refractivity contribution in [2.75, 3.05) is 14.2 Å². The molecule has 3 rings (SSSR count). The van der Waals surface area contributed by atoms with Gasteiger partial charge in [0, 0.05) is 39.2 Å². The molecular formula is C17H14Cl4O6. The number of alkyl halides is 2. The monoisotopic (exact) mass is 454 g/mol. The van der Waals surface area contributed by atoms with E-state index in [1.165, 1.54) is 40.2 Å². The molecule has 2 aliphatic rings. The Bertz CT molecular complexity index is 827. The van der Waals surface area contributed by atoms with Crippen LogP contribution in [0, 0.1) is 0 Å². The number of carbonyl (C=O) groups is 2. The van der Waals surface area contributed by atoms with Gasteiger partial charge in [-0.15, -0.1) is 23.2 Å². The molecule has 2 bridgehead atoms. The van der Waals surface area contributed by atoms with Crippen molar-refractivity contribution in [3.05, 3.63) is 33.3 Å². The van der Waals surface area contributed by atoms with E-state index < -0.39 is 27.5 Å². The van der Waals surface area contributed by atoms with Gasteiger partial charge in [0.05, 0.1) is 10.1 Å². The number of methoxy groups -OCH3 is 2. The molecule has 0 spiro atoms. The third-order valence-corrected chi connectivity index (χ3v) is 7.09. The van der Waals surface area contributed by atoms with Crippen LogP contribution in [-0.2, 0) is 28.8 Å². The SMILES string of the molecule is COC1(OC)[C@@]2(Cl)C(Cl)=C(Cl)[C@]1(Cl)c1c(OC(C)=O)ccc(OC(C)=O)c12. The first-order chi connectivity index (χ1) is 12.5. The number of ether oxygens (including phenoxy) is 4. The normalized spacial score (nSPS) is 27.6. The quantitative estimate of drug-likeness (QED) is 0.294. The minimum absolute atomic E-state index is 0.0505. The van der Waals surface area contributed by atoms with Crippen molar-refractivity contribution in [1.29, 1.82) is 0 Å². The highest BCUT2D eigenvalue weighted by molar-refractivity contribution is 6.52. The molecule has 10 heteroatoms. The Morgan fingerprint density at radius 2 is 1.15 bits per heavy atom. The summed E-state index contributed by atoms with van der Waals surface area (Å²) in [5.74, 6) is -2.88. The van der Waals surface area contributed by atoms with Gasteiger partial charge in [0.15, 0.2) is 9.75 Å². The largest absolute Gasteiger partial charge is 0.426 e. The number of halogens is 4. The van der Waals surface area contributed by atoms with Crippen molar-refractivity contribution < 1.29 is 28.5 Å². The van der Waals surface area contributed by atoms with Crippen LogP contribution in [0.25, 0.3) is 0 Å². The van der Waals surface area contributed by atoms with E-state index in [9.17, 15) is 9.59 Å². The molecule has 0 unspecified atom stereocenters. The van der Waals surface area contributed by atoms with E-state index in [0.717, 1.165) is 0 Å². The lowest BCUT2D eigenvalue weighted by atomic mass is 9.93. The fourth-order valence-corrected chi connectivity index (χ4v) is 5.77. The van der Waals surface area contributed by atoms with E-state index in [-0.39, 0.29) is 32.7 Å². The molecule has 0 fully saturated rings. The van der Waals surface area contributed by atoms with E-state index in [1.807, 2.05) is 0 Å². The molecule has 2 atom stereocenters. The second-order valence-corrected chi connectivity index (χ2v) is 7.86. The van der Waals surface area contributed by atoms with Gasteiger partial charge in [0.25, 0.3) is 0 Å². The smallest absolute Gasteiger partial charge is 0.308 e. The Kier molecular flexibility index (Phi) is 4.99. The summed E-state index contributed by atoms with van der Waals surface area (Å²) >= 11 is 26.8. The minimum Gasteiger partial charge on any atom is -0.426 e. The lowest BCUT2D eigenvalue weighted by Crippen LogP contribution is -2.53. The predicted molar refractivity (Wildman–Crippen MR) is 99.6 cm³/mol. The summed E-state index contributed by atoms with van der Waals surface area (Å²) in [6.07, 6.45) is 0. The fraction of sp³-hybridized carbons (Fsp3) is 0.412. The van der Waals surface area contributed by atoms with Gasteiger partial charge in [-0.3, -0.25) is 9.59 Å². The maximum atomic E-state index is 11.6. The maximum Gasteiger partial charge on any atom is 0.308 e. The zero-order valence-corrected chi connectivity index (χ0v) is 17.6. The van der Waals surface area contributed by atoms with Gasteiger partial charge >= 0.3 is 11.9 Å². The molecule has 1 aromatic rings. The highest BCUT2D eigenvalue weighted by Crippen LogP contribution is 2.77. The number of esters is 2. The van der Waals surface area contributed by atoms with Crippen LogP contribution >= 0.6 is 46.4 Å². The van der Waals surface area contributed by atoms with Gasteiger partial charge in [-0.2, -0.15) is 0 Å². The molecule has 0 aromatic heterocycles. The highest BCUT2D eigenvalue weighted by Gasteiger charge is 2.81. The number of hydrogen-bond acceptors (Lipinski definition) is 6. The van der Waals surface area contributed by atoms with Crippen LogP contribution in [0.4, 0.5) is 0 Å². The summed E-state index contributed by atoms with van der Waals surface area (Å²) in [7, 11) is 2.64. The Hall–Kier alpha value is -1.02. The number of hydrogen-bond donors (Lipinski definition) is 0. The van der Waals surface area contributed by atoms with Crippen LogP contribution < -0.4 is 9.47 Å². The van der Waals surface area contributed by atoms with Crippen LogP contribution in [-0.4, -0.2) is 31.9 Å². The third kappa shape index (κ3) is 2.29. The van der Waals surface area contributed by atoms with E-state index >= 15 is 0 Å². The van der Waals surface area contributed by atoms with Crippen LogP contribution in [0.1, 0.15) is 25.0 Å². The molecule has 146 valence electrons. The first-order valence-electron chi connectivity index (χ1n) is 7.62. The second-order valence-electron chi connectivity index (χ2n) is 5.97. The average Bonchev–Trinajstić information content (AvgIpc) is 2.85. The molecule has 6 nitrogen and oxygen atoms in total. The maximum absolute atomic E-state index is 11.6. The first kappa shape index (κ1) is 20.7. The molecule has 2 aliphatic carbocycles. The summed E-state index contributed by atoms with van der Waals surface area (Å²) in [6, 6.07) is 2.83. The third-order valence-electron chi connectivity index (χ3n) is 4.60. The van der Waals surface area contributed by atoms with Gasteiger partial charge < -0.3 is 18.9 Å². The first-order valence-corrected chi connectivity index (χ1v) is 9.13. The lowest BCUT2D eigenvalue weighted by Gasteiger charge is -2.40. The van der Waals surface area contributed by atoms with Crippen molar-refractivity contribution in [3.8, 4) is 11.5 Å². The number of rotatable bonds is 4. The van der Waals surface area contributed by atoms with Crippen molar-refractivity contribution in [2.45, 2.75) is 29.4 Å². The topological polar surface area (TPSA) is 71.1 Å². The van der Waals surface area contributed by atoms with Crippen molar-refractivity contribution in [2.24, 2.45) is 0 Å². The molecule has 0 saturated heterocycles. The molecule has 0 heterocycles. The second kappa shape index (κ2) is 6.51. The fourth-order valence-electron chi connectivity index (χ4n) is 3.75. The zero-order valence-electron chi connectivity index (χ0n) is 14.6. The van der Waals surface area contributed by atoms with Gasteiger partial charge in [0.2, 0.25) is 5.79 Å². The molecule has 0 N–H and O–H groups in total. The van der Waals surface area contributed by atoms with Gasteiger partial charge in [-0.1, -0.05) is 23.2 Å². The summed E-state index contributed by atoms with van der Waals surface area (Å²) in [5.41, 5.74) is 0.345. The molecule has 0 radical (unpaired) electrons. The number of fused-ring (bicyclic) bond motifs is 5. The molecule has 0 saturated carbocycles. The Morgan fingerprint density at radius 3 is 1.41 bits per heavy atom. The summed E-state index contributed by atoms with van der Waals surface area (Å²) in [6.45, 7) is 2.45. The molecule has 0 amide bonds. The highest BCUT2D eigenvalue weighted by atomic mass is 35.5. The zero-order chi connectivity index (χ0) is 20.4.